The van der Waals surface area contributed by atoms with Crippen molar-refractivity contribution < 1.29 is 0 Å². The number of thiol groups is 1. The number of hydrogen-bond donors (Lipinski definition) is 2. The summed E-state index contributed by atoms with van der Waals surface area (Å²) in [6.07, 6.45) is 9.12. The second kappa shape index (κ2) is 8.89. The molecule has 0 aromatic rings. The molecule has 0 heterocycles. The van der Waals surface area contributed by atoms with Crippen molar-refractivity contribution in [3.05, 3.63) is 0 Å². The molecule has 13 heavy (non-hydrogen) atoms. The van der Waals surface area contributed by atoms with E-state index in [2.05, 4.69) is 26.5 Å². The molecule has 2 unspecified atom stereocenters. The summed E-state index contributed by atoms with van der Waals surface area (Å²) in [5.41, 5.74) is 5.66. The van der Waals surface area contributed by atoms with Gasteiger partial charge in [-0.1, -0.05) is 52.4 Å². The lowest BCUT2D eigenvalue weighted by Gasteiger charge is -2.16. The molecule has 0 bridgehead atoms. The van der Waals surface area contributed by atoms with Crippen molar-refractivity contribution in [2.24, 2.45) is 11.7 Å². The van der Waals surface area contributed by atoms with Crippen LogP contribution < -0.4 is 5.73 Å². The minimum atomic E-state index is 0.0797. The number of nitrogens with two attached hydrogens (primary N) is 1. The Balaban J connectivity index is 3.36. The lowest BCUT2D eigenvalue weighted by molar-refractivity contribution is 0.411. The zero-order valence-corrected chi connectivity index (χ0v) is 10.0. The molecule has 2 atom stereocenters. The predicted octanol–water partition coefficient (Wildman–Crippen LogP) is 3.59. The average molecular weight is 203 g/mol. The summed E-state index contributed by atoms with van der Waals surface area (Å²) >= 11 is 4.23. The maximum absolute atomic E-state index is 5.66. The summed E-state index contributed by atoms with van der Waals surface area (Å²) in [5, 5.41) is 0.0797. The van der Waals surface area contributed by atoms with E-state index in [0.29, 0.717) is 0 Å². The fourth-order valence-corrected chi connectivity index (χ4v) is 1.99. The standard InChI is InChI=1S/C11H25NS/c1-3-5-6-7-8-10(4-2)9-11(12)13/h10-11,13H,3-9,12H2,1-2H3. The summed E-state index contributed by atoms with van der Waals surface area (Å²) in [6, 6.07) is 0. The summed E-state index contributed by atoms with van der Waals surface area (Å²) in [6.45, 7) is 4.50. The predicted molar refractivity (Wildman–Crippen MR) is 64.1 cm³/mol. The van der Waals surface area contributed by atoms with Crippen molar-refractivity contribution in [1.82, 2.24) is 0 Å². The van der Waals surface area contributed by atoms with Gasteiger partial charge in [-0.3, -0.25) is 0 Å². The molecule has 0 aliphatic carbocycles. The van der Waals surface area contributed by atoms with Crippen molar-refractivity contribution >= 4 is 12.6 Å². The molecule has 2 heteroatoms. The molecule has 0 aromatic heterocycles. The number of hydrogen-bond acceptors (Lipinski definition) is 2. The topological polar surface area (TPSA) is 26.0 Å². The molecule has 0 saturated carbocycles. The molecule has 0 fully saturated rings. The van der Waals surface area contributed by atoms with Crippen molar-refractivity contribution in [3.63, 3.8) is 0 Å². The summed E-state index contributed by atoms with van der Waals surface area (Å²) < 4.78 is 0. The molecule has 0 aromatic carbocycles. The van der Waals surface area contributed by atoms with Gasteiger partial charge in [-0.15, -0.1) is 0 Å². The van der Waals surface area contributed by atoms with Gasteiger partial charge in [0.15, 0.2) is 0 Å². The van der Waals surface area contributed by atoms with Crippen LogP contribution >= 0.6 is 12.6 Å². The van der Waals surface area contributed by atoms with Gasteiger partial charge in [-0.2, -0.15) is 12.6 Å². The minimum absolute atomic E-state index is 0.0797. The summed E-state index contributed by atoms with van der Waals surface area (Å²) in [5.74, 6) is 0.796. The maximum atomic E-state index is 5.66. The Morgan fingerprint density at radius 2 is 1.85 bits per heavy atom. The van der Waals surface area contributed by atoms with E-state index in [9.17, 15) is 0 Å². The third-order valence-electron chi connectivity index (χ3n) is 2.62. The average Bonchev–Trinajstić information content (AvgIpc) is 2.09. The lowest BCUT2D eigenvalue weighted by Crippen LogP contribution is -2.16. The summed E-state index contributed by atoms with van der Waals surface area (Å²) in [7, 11) is 0. The van der Waals surface area contributed by atoms with Crippen LogP contribution in [0.2, 0.25) is 0 Å². The Kier molecular flexibility index (Phi) is 9.10. The van der Waals surface area contributed by atoms with Crippen molar-refractivity contribution in [3.8, 4) is 0 Å². The third-order valence-corrected chi connectivity index (χ3v) is 2.83. The molecular weight excluding hydrogens is 178 g/mol. The van der Waals surface area contributed by atoms with Gasteiger partial charge in [0.05, 0.1) is 0 Å². The second-order valence-corrected chi connectivity index (χ2v) is 4.59. The van der Waals surface area contributed by atoms with Crippen LogP contribution in [0.5, 0.6) is 0 Å². The van der Waals surface area contributed by atoms with Gasteiger partial charge in [0.25, 0.3) is 0 Å². The molecule has 0 rings (SSSR count). The molecular formula is C11H25NS. The Hall–Kier alpha value is 0.310. The Morgan fingerprint density at radius 1 is 1.15 bits per heavy atom. The van der Waals surface area contributed by atoms with Crippen LogP contribution in [0.3, 0.4) is 0 Å². The second-order valence-electron chi connectivity index (χ2n) is 3.93. The monoisotopic (exact) mass is 203 g/mol. The minimum Gasteiger partial charge on any atom is -0.320 e. The van der Waals surface area contributed by atoms with Gasteiger partial charge in [-0.25, -0.2) is 0 Å². The van der Waals surface area contributed by atoms with Crippen LogP contribution in [0.25, 0.3) is 0 Å². The first kappa shape index (κ1) is 13.3. The molecule has 1 nitrogen and oxygen atoms in total. The molecule has 0 spiro atoms. The van der Waals surface area contributed by atoms with Crippen LogP contribution in [-0.2, 0) is 0 Å². The van der Waals surface area contributed by atoms with Gasteiger partial charge in [0, 0.05) is 5.37 Å². The first-order valence-corrected chi connectivity index (χ1v) is 6.16. The van der Waals surface area contributed by atoms with Crippen molar-refractivity contribution in [1.29, 1.82) is 0 Å². The van der Waals surface area contributed by atoms with E-state index in [0.717, 1.165) is 12.3 Å². The first-order chi connectivity index (χ1) is 6.20. The first-order valence-electron chi connectivity index (χ1n) is 5.64. The highest BCUT2D eigenvalue weighted by atomic mass is 32.1. The lowest BCUT2D eigenvalue weighted by atomic mass is 9.95. The van der Waals surface area contributed by atoms with E-state index >= 15 is 0 Å². The van der Waals surface area contributed by atoms with Crippen LogP contribution in [-0.4, -0.2) is 5.37 Å². The van der Waals surface area contributed by atoms with E-state index in [4.69, 9.17) is 5.73 Å². The van der Waals surface area contributed by atoms with Gasteiger partial charge in [-0.05, 0) is 12.3 Å². The molecule has 0 aliphatic rings. The van der Waals surface area contributed by atoms with E-state index in [1.165, 1.54) is 38.5 Å². The molecule has 80 valence electrons. The Morgan fingerprint density at radius 3 is 2.31 bits per heavy atom. The van der Waals surface area contributed by atoms with E-state index in [-0.39, 0.29) is 5.37 Å². The Labute approximate surface area is 88.9 Å². The van der Waals surface area contributed by atoms with Crippen LogP contribution in [0, 0.1) is 5.92 Å². The fraction of sp³-hybridized carbons (Fsp3) is 1.00. The highest BCUT2D eigenvalue weighted by Gasteiger charge is 2.08. The van der Waals surface area contributed by atoms with E-state index in [1.807, 2.05) is 0 Å². The fourth-order valence-electron chi connectivity index (χ4n) is 1.69. The quantitative estimate of drug-likeness (QED) is 0.352. The number of rotatable bonds is 8. The van der Waals surface area contributed by atoms with Crippen LogP contribution in [0.1, 0.15) is 58.8 Å². The highest BCUT2D eigenvalue weighted by Crippen LogP contribution is 2.19. The molecule has 0 aliphatic heterocycles. The normalized spacial score (nSPS) is 15.7. The Bertz CT molecular complexity index is 104. The molecule has 0 radical (unpaired) electrons. The number of unbranched alkanes of at least 4 members (excludes halogenated alkanes) is 3. The van der Waals surface area contributed by atoms with Gasteiger partial charge in [0.2, 0.25) is 0 Å². The van der Waals surface area contributed by atoms with Crippen molar-refractivity contribution in [2.45, 2.75) is 64.2 Å². The van der Waals surface area contributed by atoms with E-state index < -0.39 is 0 Å². The largest absolute Gasteiger partial charge is 0.320 e. The molecule has 0 saturated heterocycles. The van der Waals surface area contributed by atoms with E-state index in [1.54, 1.807) is 0 Å². The molecule has 2 N–H and O–H groups in total. The van der Waals surface area contributed by atoms with Gasteiger partial charge < -0.3 is 5.73 Å². The SMILES string of the molecule is CCCCCCC(CC)CC(N)S. The van der Waals surface area contributed by atoms with Gasteiger partial charge >= 0.3 is 0 Å². The van der Waals surface area contributed by atoms with Crippen molar-refractivity contribution in [2.75, 3.05) is 0 Å². The summed E-state index contributed by atoms with van der Waals surface area (Å²) in [4.78, 5) is 0. The third kappa shape index (κ3) is 8.63. The highest BCUT2D eigenvalue weighted by molar-refractivity contribution is 7.80. The maximum Gasteiger partial charge on any atom is 0.0480 e. The zero-order valence-electron chi connectivity index (χ0n) is 9.13. The zero-order chi connectivity index (χ0) is 10.1. The smallest absolute Gasteiger partial charge is 0.0480 e. The van der Waals surface area contributed by atoms with Crippen LogP contribution in [0.15, 0.2) is 0 Å². The van der Waals surface area contributed by atoms with Crippen LogP contribution in [0.4, 0.5) is 0 Å². The molecule has 0 amide bonds. The van der Waals surface area contributed by atoms with Gasteiger partial charge in [0.1, 0.15) is 0 Å².